The normalized spacial score (nSPS) is 11.0. The lowest BCUT2D eigenvalue weighted by Crippen LogP contribution is -2.13. The Morgan fingerprint density at radius 1 is 1.00 bits per heavy atom. The topological polar surface area (TPSA) is 29.9 Å². The minimum absolute atomic E-state index is 0.617. The van der Waals surface area contributed by atoms with Crippen LogP contribution in [0, 0.1) is 13.8 Å². The Bertz CT molecular complexity index is 838. The molecule has 0 unspecified atom stereocenters. The van der Waals surface area contributed by atoms with Gasteiger partial charge in [0.15, 0.2) is 0 Å². The summed E-state index contributed by atoms with van der Waals surface area (Å²) >= 11 is 12.6. The lowest BCUT2D eigenvalue weighted by Gasteiger charge is -2.06. The molecule has 0 atom stereocenters. The summed E-state index contributed by atoms with van der Waals surface area (Å²) in [6.07, 6.45) is 0. The van der Waals surface area contributed by atoms with Gasteiger partial charge in [0.05, 0.1) is 11.4 Å². The first-order chi connectivity index (χ1) is 11.5. The van der Waals surface area contributed by atoms with Crippen molar-refractivity contribution in [2.24, 2.45) is 0 Å². The fourth-order valence-electron chi connectivity index (χ4n) is 2.55. The van der Waals surface area contributed by atoms with E-state index in [9.17, 15) is 0 Å². The second-order valence-electron chi connectivity index (χ2n) is 5.84. The Morgan fingerprint density at radius 3 is 2.46 bits per heavy atom. The minimum Gasteiger partial charge on any atom is -0.308 e. The van der Waals surface area contributed by atoms with Crippen molar-refractivity contribution >= 4 is 23.2 Å². The molecule has 0 fully saturated rings. The monoisotopic (exact) mass is 359 g/mol. The highest BCUT2D eigenvalue weighted by Gasteiger charge is 2.14. The number of halogens is 2. The number of rotatable bonds is 5. The van der Waals surface area contributed by atoms with Gasteiger partial charge in [0, 0.05) is 23.7 Å². The summed E-state index contributed by atoms with van der Waals surface area (Å²) < 4.78 is 1.73. The lowest BCUT2D eigenvalue weighted by atomic mass is 10.1. The van der Waals surface area contributed by atoms with Crippen LogP contribution in [0.1, 0.15) is 22.4 Å². The van der Waals surface area contributed by atoms with Crippen molar-refractivity contribution in [1.82, 2.24) is 15.1 Å². The van der Waals surface area contributed by atoms with Crippen LogP contribution in [-0.2, 0) is 13.1 Å². The lowest BCUT2D eigenvalue weighted by molar-refractivity contribution is 0.690. The predicted molar refractivity (Wildman–Crippen MR) is 100 cm³/mol. The van der Waals surface area contributed by atoms with Crippen molar-refractivity contribution in [3.8, 4) is 5.69 Å². The fourth-order valence-corrected chi connectivity index (χ4v) is 3.07. The van der Waals surface area contributed by atoms with E-state index >= 15 is 0 Å². The second kappa shape index (κ2) is 7.39. The van der Waals surface area contributed by atoms with E-state index in [0.29, 0.717) is 16.7 Å². The minimum atomic E-state index is 0.617. The van der Waals surface area contributed by atoms with Gasteiger partial charge in [-0.3, -0.25) is 0 Å². The summed E-state index contributed by atoms with van der Waals surface area (Å²) in [7, 11) is 0. The molecule has 1 N–H and O–H groups in total. The first-order valence-electron chi connectivity index (χ1n) is 7.81. The predicted octanol–water partition coefficient (Wildman–Crippen LogP) is 5.09. The summed E-state index contributed by atoms with van der Waals surface area (Å²) in [5, 5.41) is 9.26. The van der Waals surface area contributed by atoms with Crippen molar-refractivity contribution in [3.63, 3.8) is 0 Å². The number of hydrogen-bond acceptors (Lipinski definition) is 2. The van der Waals surface area contributed by atoms with Gasteiger partial charge in [-0.2, -0.15) is 5.10 Å². The SMILES string of the molecule is Cc1ccc(CNCc2c(C)nn(-c3cccc(Cl)c3)c2Cl)cc1. The number of benzene rings is 2. The van der Waals surface area contributed by atoms with E-state index in [1.165, 1.54) is 11.1 Å². The van der Waals surface area contributed by atoms with Crippen LogP contribution in [0.25, 0.3) is 5.69 Å². The van der Waals surface area contributed by atoms with E-state index in [1.807, 2.05) is 31.2 Å². The van der Waals surface area contributed by atoms with E-state index < -0.39 is 0 Å². The van der Waals surface area contributed by atoms with Crippen molar-refractivity contribution in [1.29, 1.82) is 0 Å². The molecule has 3 aromatic rings. The average Bonchev–Trinajstić information content (AvgIpc) is 2.85. The molecule has 0 bridgehead atoms. The molecule has 1 aromatic heterocycles. The molecule has 0 amide bonds. The molecule has 24 heavy (non-hydrogen) atoms. The van der Waals surface area contributed by atoms with Crippen LogP contribution in [0.3, 0.4) is 0 Å². The van der Waals surface area contributed by atoms with E-state index in [0.717, 1.165) is 23.5 Å². The van der Waals surface area contributed by atoms with Gasteiger partial charge in [-0.15, -0.1) is 0 Å². The van der Waals surface area contributed by atoms with Crippen LogP contribution < -0.4 is 5.32 Å². The number of nitrogens with one attached hydrogen (secondary N) is 1. The van der Waals surface area contributed by atoms with Gasteiger partial charge < -0.3 is 5.32 Å². The molecular formula is C19H19Cl2N3. The van der Waals surface area contributed by atoms with Gasteiger partial charge >= 0.3 is 0 Å². The molecule has 3 rings (SSSR count). The molecular weight excluding hydrogens is 341 g/mol. The molecule has 0 aliphatic carbocycles. The zero-order valence-electron chi connectivity index (χ0n) is 13.7. The summed E-state index contributed by atoms with van der Waals surface area (Å²) in [6, 6.07) is 16.0. The van der Waals surface area contributed by atoms with Gasteiger partial charge in [0.2, 0.25) is 0 Å². The average molecular weight is 360 g/mol. The molecule has 5 heteroatoms. The molecule has 0 saturated carbocycles. The van der Waals surface area contributed by atoms with Gasteiger partial charge in [-0.25, -0.2) is 4.68 Å². The largest absolute Gasteiger partial charge is 0.308 e. The van der Waals surface area contributed by atoms with Crippen LogP contribution in [0.5, 0.6) is 0 Å². The Hall–Kier alpha value is -1.81. The van der Waals surface area contributed by atoms with E-state index in [4.69, 9.17) is 23.2 Å². The van der Waals surface area contributed by atoms with Crippen molar-refractivity contribution < 1.29 is 0 Å². The number of hydrogen-bond donors (Lipinski definition) is 1. The van der Waals surface area contributed by atoms with Crippen molar-refractivity contribution in [2.75, 3.05) is 0 Å². The third-order valence-corrected chi connectivity index (χ3v) is 4.55. The van der Waals surface area contributed by atoms with Gasteiger partial charge in [-0.05, 0) is 37.6 Å². The summed E-state index contributed by atoms with van der Waals surface area (Å²) in [4.78, 5) is 0. The molecule has 0 aliphatic heterocycles. The highest BCUT2D eigenvalue weighted by molar-refractivity contribution is 6.31. The summed E-state index contributed by atoms with van der Waals surface area (Å²) in [6.45, 7) is 5.51. The molecule has 3 nitrogen and oxygen atoms in total. The number of aromatic nitrogens is 2. The molecule has 0 aliphatic rings. The Balaban J connectivity index is 1.73. The van der Waals surface area contributed by atoms with Gasteiger partial charge in [0.1, 0.15) is 5.15 Å². The third kappa shape index (κ3) is 3.81. The van der Waals surface area contributed by atoms with Crippen LogP contribution >= 0.6 is 23.2 Å². The smallest absolute Gasteiger partial charge is 0.137 e. The van der Waals surface area contributed by atoms with Gasteiger partial charge in [-0.1, -0.05) is 59.1 Å². The zero-order chi connectivity index (χ0) is 17.1. The zero-order valence-corrected chi connectivity index (χ0v) is 15.2. The molecule has 0 radical (unpaired) electrons. The van der Waals surface area contributed by atoms with Crippen molar-refractivity contribution in [2.45, 2.75) is 26.9 Å². The number of nitrogens with zero attached hydrogens (tertiary/aromatic N) is 2. The van der Waals surface area contributed by atoms with Gasteiger partial charge in [0.25, 0.3) is 0 Å². The summed E-state index contributed by atoms with van der Waals surface area (Å²) in [5.41, 5.74) is 5.29. The second-order valence-corrected chi connectivity index (χ2v) is 6.63. The molecule has 124 valence electrons. The van der Waals surface area contributed by atoms with Crippen LogP contribution in [0.15, 0.2) is 48.5 Å². The standard InChI is InChI=1S/C19H19Cl2N3/c1-13-6-8-15(9-7-13)11-22-12-18-14(2)23-24(19(18)21)17-5-3-4-16(20)10-17/h3-10,22H,11-12H2,1-2H3. The van der Waals surface area contributed by atoms with E-state index in [2.05, 4.69) is 41.6 Å². The first-order valence-corrected chi connectivity index (χ1v) is 8.56. The Labute approximate surface area is 152 Å². The quantitative estimate of drug-likeness (QED) is 0.687. The number of aryl methyl sites for hydroxylation is 2. The highest BCUT2D eigenvalue weighted by atomic mass is 35.5. The molecule has 2 aromatic carbocycles. The first kappa shape index (κ1) is 17.0. The van der Waals surface area contributed by atoms with Crippen molar-refractivity contribution in [3.05, 3.63) is 81.1 Å². The maximum absolute atomic E-state index is 6.54. The third-order valence-electron chi connectivity index (χ3n) is 3.93. The molecule has 0 spiro atoms. The fraction of sp³-hybridized carbons (Fsp3) is 0.211. The van der Waals surface area contributed by atoms with E-state index in [-0.39, 0.29) is 0 Å². The Kier molecular flexibility index (Phi) is 5.24. The summed E-state index contributed by atoms with van der Waals surface area (Å²) in [5.74, 6) is 0. The van der Waals surface area contributed by atoms with Crippen LogP contribution in [-0.4, -0.2) is 9.78 Å². The highest BCUT2D eigenvalue weighted by Crippen LogP contribution is 2.24. The molecule has 0 saturated heterocycles. The molecule has 1 heterocycles. The van der Waals surface area contributed by atoms with Crippen LogP contribution in [0.4, 0.5) is 0 Å². The Morgan fingerprint density at radius 2 is 1.75 bits per heavy atom. The maximum atomic E-state index is 6.54. The van der Waals surface area contributed by atoms with Crippen LogP contribution in [0.2, 0.25) is 10.2 Å². The van der Waals surface area contributed by atoms with E-state index in [1.54, 1.807) is 4.68 Å². The maximum Gasteiger partial charge on any atom is 0.137 e.